The van der Waals surface area contributed by atoms with E-state index in [9.17, 15) is 14.0 Å². The van der Waals surface area contributed by atoms with Gasteiger partial charge in [-0.15, -0.1) is 0 Å². The minimum Gasteiger partial charge on any atom is -0.344 e. The lowest BCUT2D eigenvalue weighted by Gasteiger charge is -2.32. The molecule has 2 aromatic rings. The van der Waals surface area contributed by atoms with E-state index in [1.807, 2.05) is 30.7 Å². The van der Waals surface area contributed by atoms with Gasteiger partial charge in [-0.05, 0) is 56.2 Å². The fourth-order valence-electron chi connectivity index (χ4n) is 3.22. The zero-order valence-electron chi connectivity index (χ0n) is 14.0. The predicted molar refractivity (Wildman–Crippen MR) is 89.5 cm³/mol. The number of benzene rings is 1. The minimum atomic E-state index is -0.355. The molecule has 1 amide bonds. The highest BCUT2D eigenvalue weighted by Crippen LogP contribution is 2.23. The first-order valence-corrected chi connectivity index (χ1v) is 8.18. The van der Waals surface area contributed by atoms with Gasteiger partial charge in [-0.2, -0.15) is 0 Å². The van der Waals surface area contributed by atoms with Crippen LogP contribution in [0.1, 0.15) is 39.4 Å². The van der Waals surface area contributed by atoms with Crippen molar-refractivity contribution in [1.29, 1.82) is 0 Å². The second-order valence-corrected chi connectivity index (χ2v) is 6.38. The SMILES string of the molecule is Cc1ccc(C(=O)N2CCC[C@@H](C(=O)c3ccc(F)cc3)C2)n1C. The molecule has 1 aliphatic rings. The van der Waals surface area contributed by atoms with Crippen LogP contribution in [0.15, 0.2) is 36.4 Å². The second kappa shape index (κ2) is 6.59. The average molecular weight is 328 g/mol. The molecule has 3 rings (SSSR count). The first-order valence-electron chi connectivity index (χ1n) is 8.18. The number of likely N-dealkylation sites (tertiary alicyclic amines) is 1. The van der Waals surface area contributed by atoms with Gasteiger partial charge in [0.2, 0.25) is 0 Å². The van der Waals surface area contributed by atoms with Crippen LogP contribution in [-0.2, 0) is 7.05 Å². The number of Topliss-reactive ketones (excluding diaryl/α,β-unsaturated/α-hetero) is 1. The molecule has 0 radical (unpaired) electrons. The summed E-state index contributed by atoms with van der Waals surface area (Å²) in [5, 5.41) is 0. The van der Waals surface area contributed by atoms with Gasteiger partial charge in [0.05, 0.1) is 0 Å². The van der Waals surface area contributed by atoms with Crippen LogP contribution < -0.4 is 0 Å². The van der Waals surface area contributed by atoms with E-state index < -0.39 is 0 Å². The van der Waals surface area contributed by atoms with Crippen LogP contribution in [0.5, 0.6) is 0 Å². The average Bonchev–Trinajstić information content (AvgIpc) is 2.93. The summed E-state index contributed by atoms with van der Waals surface area (Å²) < 4.78 is 14.9. The number of hydrogen-bond donors (Lipinski definition) is 0. The van der Waals surface area contributed by atoms with Crippen molar-refractivity contribution in [3.8, 4) is 0 Å². The van der Waals surface area contributed by atoms with E-state index in [1.165, 1.54) is 24.3 Å². The maximum Gasteiger partial charge on any atom is 0.270 e. The summed E-state index contributed by atoms with van der Waals surface area (Å²) in [6.07, 6.45) is 1.55. The largest absolute Gasteiger partial charge is 0.344 e. The van der Waals surface area contributed by atoms with Crippen LogP contribution in [0.2, 0.25) is 0 Å². The maximum atomic E-state index is 13.0. The van der Waals surface area contributed by atoms with Crippen molar-refractivity contribution in [1.82, 2.24) is 9.47 Å². The number of halogens is 1. The Kier molecular flexibility index (Phi) is 4.51. The van der Waals surface area contributed by atoms with Crippen molar-refractivity contribution in [3.63, 3.8) is 0 Å². The molecule has 0 unspecified atom stereocenters. The second-order valence-electron chi connectivity index (χ2n) is 6.38. The minimum absolute atomic E-state index is 0.0180. The molecule has 1 saturated heterocycles. The molecule has 1 fully saturated rings. The van der Waals surface area contributed by atoms with Gasteiger partial charge in [0.15, 0.2) is 5.78 Å². The number of amides is 1. The molecule has 0 bridgehead atoms. The quantitative estimate of drug-likeness (QED) is 0.812. The van der Waals surface area contributed by atoms with Crippen molar-refractivity contribution in [2.45, 2.75) is 19.8 Å². The summed E-state index contributed by atoms with van der Waals surface area (Å²) in [5.74, 6) is -0.640. The molecule has 5 heteroatoms. The van der Waals surface area contributed by atoms with E-state index in [1.54, 1.807) is 4.90 Å². The lowest BCUT2D eigenvalue weighted by Crippen LogP contribution is -2.43. The summed E-state index contributed by atoms with van der Waals surface area (Å²) in [4.78, 5) is 27.1. The van der Waals surface area contributed by atoms with Gasteiger partial charge in [0.25, 0.3) is 5.91 Å². The van der Waals surface area contributed by atoms with E-state index >= 15 is 0 Å². The molecule has 1 aliphatic heterocycles. The normalized spacial score (nSPS) is 17.8. The third kappa shape index (κ3) is 3.11. The zero-order valence-corrected chi connectivity index (χ0v) is 14.0. The highest BCUT2D eigenvalue weighted by atomic mass is 19.1. The van der Waals surface area contributed by atoms with E-state index in [0.29, 0.717) is 24.3 Å². The van der Waals surface area contributed by atoms with Crippen LogP contribution in [-0.4, -0.2) is 34.2 Å². The monoisotopic (exact) mass is 328 g/mol. The van der Waals surface area contributed by atoms with Crippen molar-refractivity contribution in [3.05, 3.63) is 59.2 Å². The van der Waals surface area contributed by atoms with Gasteiger partial charge in [0, 0.05) is 37.3 Å². The molecule has 1 aromatic heterocycles. The first-order chi connectivity index (χ1) is 11.5. The molecule has 0 saturated carbocycles. The van der Waals surface area contributed by atoms with Crippen LogP contribution in [0.25, 0.3) is 0 Å². The van der Waals surface area contributed by atoms with Crippen LogP contribution >= 0.6 is 0 Å². The molecule has 126 valence electrons. The van der Waals surface area contributed by atoms with Gasteiger partial charge in [-0.3, -0.25) is 9.59 Å². The molecule has 4 nitrogen and oxygen atoms in total. The summed E-state index contributed by atoms with van der Waals surface area (Å²) >= 11 is 0. The fraction of sp³-hybridized carbons (Fsp3) is 0.368. The Bertz CT molecular complexity index is 764. The maximum absolute atomic E-state index is 13.0. The number of piperidine rings is 1. The highest BCUT2D eigenvalue weighted by molar-refractivity contribution is 5.99. The standard InChI is InChI=1S/C19H21FN2O2/c1-13-5-10-17(21(13)2)19(24)22-11-3-4-15(12-22)18(23)14-6-8-16(20)9-7-14/h5-10,15H,3-4,11-12H2,1-2H3/t15-/m1/s1. The topological polar surface area (TPSA) is 42.3 Å². The molecule has 0 N–H and O–H groups in total. The van der Waals surface area contributed by atoms with E-state index in [4.69, 9.17) is 0 Å². The molecular weight excluding hydrogens is 307 g/mol. The highest BCUT2D eigenvalue weighted by Gasteiger charge is 2.30. The Morgan fingerprint density at radius 3 is 2.46 bits per heavy atom. The molecule has 1 atom stereocenters. The fourth-order valence-corrected chi connectivity index (χ4v) is 3.22. The molecule has 2 heterocycles. The summed E-state index contributed by atoms with van der Waals surface area (Å²) in [7, 11) is 1.87. The van der Waals surface area contributed by atoms with Crippen molar-refractivity contribution in [2.75, 3.05) is 13.1 Å². The number of aryl methyl sites for hydroxylation is 1. The van der Waals surface area contributed by atoms with Gasteiger partial charge in [-0.25, -0.2) is 4.39 Å². The first kappa shape index (κ1) is 16.4. The number of nitrogens with zero attached hydrogens (tertiary/aromatic N) is 2. The Labute approximate surface area is 140 Å². The van der Waals surface area contributed by atoms with Crippen molar-refractivity contribution in [2.24, 2.45) is 13.0 Å². The predicted octanol–water partition coefficient (Wildman–Crippen LogP) is 3.21. The number of rotatable bonds is 3. The Morgan fingerprint density at radius 1 is 1.12 bits per heavy atom. The van der Waals surface area contributed by atoms with Crippen molar-refractivity contribution >= 4 is 11.7 Å². The van der Waals surface area contributed by atoms with Gasteiger partial charge < -0.3 is 9.47 Å². The van der Waals surface area contributed by atoms with Gasteiger partial charge in [-0.1, -0.05) is 0 Å². The third-order valence-corrected chi connectivity index (χ3v) is 4.80. The Morgan fingerprint density at radius 2 is 1.83 bits per heavy atom. The van der Waals surface area contributed by atoms with Crippen LogP contribution in [0, 0.1) is 18.7 Å². The van der Waals surface area contributed by atoms with Crippen molar-refractivity contribution < 1.29 is 14.0 Å². The molecule has 24 heavy (non-hydrogen) atoms. The molecular formula is C19H21FN2O2. The molecule has 1 aromatic carbocycles. The zero-order chi connectivity index (χ0) is 17.3. The lowest BCUT2D eigenvalue weighted by atomic mass is 9.90. The summed E-state index contributed by atoms with van der Waals surface area (Å²) in [5.41, 5.74) is 2.17. The number of aromatic nitrogens is 1. The van der Waals surface area contributed by atoms with Crippen LogP contribution in [0.3, 0.4) is 0 Å². The molecule has 0 aliphatic carbocycles. The van der Waals surface area contributed by atoms with E-state index in [-0.39, 0.29) is 23.4 Å². The smallest absolute Gasteiger partial charge is 0.270 e. The van der Waals surface area contributed by atoms with Crippen LogP contribution in [0.4, 0.5) is 4.39 Å². The Hall–Kier alpha value is -2.43. The molecule has 0 spiro atoms. The lowest BCUT2D eigenvalue weighted by molar-refractivity contribution is 0.0629. The number of carbonyl (C=O) groups is 2. The van der Waals surface area contributed by atoms with Gasteiger partial charge in [0.1, 0.15) is 11.5 Å². The number of ketones is 1. The Balaban J connectivity index is 1.74. The number of hydrogen-bond acceptors (Lipinski definition) is 2. The summed E-state index contributed by atoms with van der Waals surface area (Å²) in [6.45, 7) is 3.03. The number of carbonyl (C=O) groups excluding carboxylic acids is 2. The van der Waals surface area contributed by atoms with E-state index in [0.717, 1.165) is 18.5 Å². The van der Waals surface area contributed by atoms with E-state index in [2.05, 4.69) is 0 Å². The van der Waals surface area contributed by atoms with Gasteiger partial charge >= 0.3 is 0 Å². The third-order valence-electron chi connectivity index (χ3n) is 4.80. The summed E-state index contributed by atoms with van der Waals surface area (Å²) in [6, 6.07) is 9.36.